The van der Waals surface area contributed by atoms with Crippen LogP contribution in [0.5, 0.6) is 5.75 Å². The summed E-state index contributed by atoms with van der Waals surface area (Å²) >= 11 is 1.73. The van der Waals surface area contributed by atoms with Crippen LogP contribution in [0.3, 0.4) is 0 Å². The summed E-state index contributed by atoms with van der Waals surface area (Å²) in [6.07, 6.45) is 1.17. The maximum atomic E-state index is 5.11. The van der Waals surface area contributed by atoms with E-state index in [1.807, 2.05) is 12.4 Å². The Morgan fingerprint density at radius 3 is 2.93 bits per heavy atom. The molecule has 0 fully saturated rings. The first-order valence-electron chi connectivity index (χ1n) is 4.83. The summed E-state index contributed by atoms with van der Waals surface area (Å²) in [5.74, 6) is 0.960. The molecule has 4 heteroatoms. The van der Waals surface area contributed by atoms with Crippen LogP contribution < -0.4 is 15.4 Å². The van der Waals surface area contributed by atoms with Crippen molar-refractivity contribution in [3.8, 4) is 5.75 Å². The third-order valence-electron chi connectivity index (χ3n) is 1.94. The Bertz CT molecular complexity index is 250. The number of rotatable bonds is 7. The molecule has 0 radical (unpaired) electrons. The van der Waals surface area contributed by atoms with Gasteiger partial charge in [0.2, 0.25) is 0 Å². The molecule has 1 aromatic heterocycles. The molecular weight excluding hydrogens is 196 g/mol. The van der Waals surface area contributed by atoms with Gasteiger partial charge >= 0.3 is 0 Å². The van der Waals surface area contributed by atoms with Crippen LogP contribution >= 0.6 is 11.3 Å². The summed E-state index contributed by atoms with van der Waals surface area (Å²) in [7, 11) is 3.68. The highest BCUT2D eigenvalue weighted by Gasteiger charge is 1.98. The molecule has 0 aliphatic carbocycles. The van der Waals surface area contributed by atoms with E-state index in [0.717, 1.165) is 25.4 Å². The molecule has 0 saturated heterocycles. The fourth-order valence-electron chi connectivity index (χ4n) is 1.16. The average molecular weight is 214 g/mol. The smallest absolute Gasteiger partial charge is 0.129 e. The molecule has 1 aromatic rings. The first-order chi connectivity index (χ1) is 6.86. The van der Waals surface area contributed by atoms with Gasteiger partial charge in [0, 0.05) is 16.8 Å². The van der Waals surface area contributed by atoms with E-state index >= 15 is 0 Å². The van der Waals surface area contributed by atoms with E-state index in [4.69, 9.17) is 4.74 Å². The van der Waals surface area contributed by atoms with Crippen LogP contribution in [0.1, 0.15) is 11.3 Å². The zero-order valence-corrected chi connectivity index (χ0v) is 9.62. The number of hydrogen-bond donors (Lipinski definition) is 2. The Labute approximate surface area is 89.5 Å². The molecule has 0 aromatic carbocycles. The van der Waals surface area contributed by atoms with Gasteiger partial charge in [-0.3, -0.25) is 0 Å². The SMILES string of the molecule is CNCCCNCc1cc(OC)cs1. The summed E-state index contributed by atoms with van der Waals surface area (Å²) < 4.78 is 5.11. The molecule has 0 atom stereocenters. The first-order valence-corrected chi connectivity index (χ1v) is 5.71. The fraction of sp³-hybridized carbons (Fsp3) is 0.600. The zero-order chi connectivity index (χ0) is 10.2. The summed E-state index contributed by atoms with van der Waals surface area (Å²) in [5.41, 5.74) is 0. The predicted molar refractivity (Wildman–Crippen MR) is 61.1 cm³/mol. The molecular formula is C10H18N2OS. The Balaban J connectivity index is 2.12. The van der Waals surface area contributed by atoms with Crippen LogP contribution in [-0.2, 0) is 6.54 Å². The molecule has 0 bridgehead atoms. The standard InChI is InChI=1S/C10H18N2OS/c1-11-4-3-5-12-7-10-6-9(13-2)8-14-10/h6,8,11-12H,3-5,7H2,1-2H3. The van der Waals surface area contributed by atoms with E-state index in [0.29, 0.717) is 0 Å². The molecule has 3 nitrogen and oxygen atoms in total. The van der Waals surface area contributed by atoms with Gasteiger partial charge in [-0.25, -0.2) is 0 Å². The Kier molecular flexibility index (Phi) is 5.59. The van der Waals surface area contributed by atoms with Gasteiger partial charge in [0.05, 0.1) is 7.11 Å². The van der Waals surface area contributed by atoms with E-state index in [-0.39, 0.29) is 0 Å². The molecule has 0 amide bonds. The predicted octanol–water partition coefficient (Wildman–Crippen LogP) is 1.46. The van der Waals surface area contributed by atoms with Gasteiger partial charge in [0.1, 0.15) is 5.75 Å². The molecule has 0 aliphatic heterocycles. The van der Waals surface area contributed by atoms with Gasteiger partial charge in [-0.15, -0.1) is 11.3 Å². The van der Waals surface area contributed by atoms with Crippen molar-refractivity contribution in [3.05, 3.63) is 16.3 Å². The van der Waals surface area contributed by atoms with Gasteiger partial charge in [0.25, 0.3) is 0 Å². The molecule has 0 unspecified atom stereocenters. The van der Waals surface area contributed by atoms with E-state index in [9.17, 15) is 0 Å². The number of ether oxygens (including phenoxy) is 1. The quantitative estimate of drug-likeness (QED) is 0.674. The van der Waals surface area contributed by atoms with Crippen molar-refractivity contribution in [1.82, 2.24) is 10.6 Å². The lowest BCUT2D eigenvalue weighted by Gasteiger charge is -2.01. The van der Waals surface area contributed by atoms with Crippen LogP contribution in [0.15, 0.2) is 11.4 Å². The molecule has 0 saturated carbocycles. The second-order valence-electron chi connectivity index (χ2n) is 3.09. The topological polar surface area (TPSA) is 33.3 Å². The summed E-state index contributed by atoms with van der Waals surface area (Å²) in [6, 6.07) is 2.08. The molecule has 1 rings (SSSR count). The van der Waals surface area contributed by atoms with E-state index in [1.165, 1.54) is 11.3 Å². The third-order valence-corrected chi connectivity index (χ3v) is 2.86. The van der Waals surface area contributed by atoms with Gasteiger partial charge in [-0.2, -0.15) is 0 Å². The van der Waals surface area contributed by atoms with Crippen LogP contribution in [0.4, 0.5) is 0 Å². The highest BCUT2D eigenvalue weighted by molar-refractivity contribution is 7.10. The highest BCUT2D eigenvalue weighted by atomic mass is 32.1. The minimum absolute atomic E-state index is 0.942. The summed E-state index contributed by atoms with van der Waals surface area (Å²) in [5, 5.41) is 8.54. The normalized spacial score (nSPS) is 10.4. The molecule has 1 heterocycles. The first kappa shape index (κ1) is 11.5. The van der Waals surface area contributed by atoms with E-state index in [1.54, 1.807) is 18.4 Å². The van der Waals surface area contributed by atoms with Crippen molar-refractivity contribution >= 4 is 11.3 Å². The number of thiophene rings is 1. The van der Waals surface area contributed by atoms with Crippen molar-refractivity contribution in [1.29, 1.82) is 0 Å². The minimum atomic E-state index is 0.942. The number of nitrogens with one attached hydrogen (secondary N) is 2. The van der Waals surface area contributed by atoms with Crippen LogP contribution in [0.2, 0.25) is 0 Å². The largest absolute Gasteiger partial charge is 0.496 e. The van der Waals surface area contributed by atoms with Gasteiger partial charge < -0.3 is 15.4 Å². The Morgan fingerprint density at radius 2 is 2.29 bits per heavy atom. The van der Waals surface area contributed by atoms with Gasteiger partial charge in [-0.1, -0.05) is 0 Å². The zero-order valence-electron chi connectivity index (χ0n) is 8.80. The molecule has 2 N–H and O–H groups in total. The van der Waals surface area contributed by atoms with Crippen LogP contribution in [0, 0.1) is 0 Å². The van der Waals surface area contributed by atoms with Gasteiger partial charge in [0.15, 0.2) is 0 Å². The Morgan fingerprint density at radius 1 is 1.43 bits per heavy atom. The number of methoxy groups -OCH3 is 1. The lowest BCUT2D eigenvalue weighted by molar-refractivity contribution is 0.416. The molecule has 0 spiro atoms. The van der Waals surface area contributed by atoms with E-state index in [2.05, 4.69) is 16.7 Å². The lowest BCUT2D eigenvalue weighted by Crippen LogP contribution is -2.18. The second kappa shape index (κ2) is 6.81. The monoisotopic (exact) mass is 214 g/mol. The van der Waals surface area contributed by atoms with Crippen LogP contribution in [-0.4, -0.2) is 27.2 Å². The van der Waals surface area contributed by atoms with Gasteiger partial charge in [-0.05, 0) is 32.6 Å². The highest BCUT2D eigenvalue weighted by Crippen LogP contribution is 2.20. The van der Waals surface area contributed by atoms with Crippen molar-refractivity contribution < 1.29 is 4.74 Å². The third kappa shape index (κ3) is 4.09. The summed E-state index contributed by atoms with van der Waals surface area (Å²) in [4.78, 5) is 1.33. The van der Waals surface area contributed by atoms with Crippen molar-refractivity contribution in [2.75, 3.05) is 27.2 Å². The average Bonchev–Trinajstić information content (AvgIpc) is 2.65. The molecule has 80 valence electrons. The Hall–Kier alpha value is -0.580. The van der Waals surface area contributed by atoms with Crippen molar-refractivity contribution in [2.45, 2.75) is 13.0 Å². The minimum Gasteiger partial charge on any atom is -0.496 e. The van der Waals surface area contributed by atoms with Crippen molar-refractivity contribution in [2.24, 2.45) is 0 Å². The van der Waals surface area contributed by atoms with Crippen molar-refractivity contribution in [3.63, 3.8) is 0 Å². The lowest BCUT2D eigenvalue weighted by atomic mass is 10.4. The maximum Gasteiger partial charge on any atom is 0.129 e. The summed E-state index contributed by atoms with van der Waals surface area (Å²) in [6.45, 7) is 3.07. The fourth-order valence-corrected chi connectivity index (χ4v) is 1.96. The molecule has 0 aliphatic rings. The second-order valence-corrected chi connectivity index (χ2v) is 4.08. The van der Waals surface area contributed by atoms with Crippen LogP contribution in [0.25, 0.3) is 0 Å². The number of hydrogen-bond acceptors (Lipinski definition) is 4. The maximum absolute atomic E-state index is 5.11. The molecule has 14 heavy (non-hydrogen) atoms. The van der Waals surface area contributed by atoms with E-state index < -0.39 is 0 Å².